The first kappa shape index (κ1) is 31.8. The first-order chi connectivity index (χ1) is 22.4. The third-order valence-corrected chi connectivity index (χ3v) is 9.97. The highest BCUT2D eigenvalue weighted by Crippen LogP contribution is 2.45. The van der Waals surface area contributed by atoms with Gasteiger partial charge < -0.3 is 23.9 Å². The summed E-state index contributed by atoms with van der Waals surface area (Å²) >= 11 is 0. The molecule has 3 aliphatic heterocycles. The molecular weight excluding hydrogens is 601 g/mol. The van der Waals surface area contributed by atoms with Gasteiger partial charge in [0.1, 0.15) is 5.65 Å². The van der Waals surface area contributed by atoms with Gasteiger partial charge in [0.2, 0.25) is 0 Å². The van der Waals surface area contributed by atoms with Crippen molar-refractivity contribution in [3.05, 3.63) is 52.7 Å². The number of hydrogen-bond donors (Lipinski definition) is 1. The Morgan fingerprint density at radius 2 is 1.89 bits per heavy atom. The van der Waals surface area contributed by atoms with Crippen LogP contribution < -0.4 is 4.74 Å². The third-order valence-electron chi connectivity index (χ3n) is 9.97. The van der Waals surface area contributed by atoms with Crippen LogP contribution in [0.25, 0.3) is 33.4 Å². The maximum absolute atomic E-state index is 15.8. The molecule has 1 N–H and O–H groups in total. The number of hydrogen-bond acceptors (Lipinski definition) is 7. The van der Waals surface area contributed by atoms with Gasteiger partial charge in [-0.25, -0.2) is 14.2 Å². The fourth-order valence-electron chi connectivity index (χ4n) is 7.47. The predicted molar refractivity (Wildman–Crippen MR) is 176 cm³/mol. The number of aryl methyl sites for hydroxylation is 2. The minimum Gasteiger partial charge on any atom is -0.490 e. The minimum atomic E-state index is -1.32. The third kappa shape index (κ3) is 5.72. The zero-order valence-corrected chi connectivity index (χ0v) is 28.1. The summed E-state index contributed by atoms with van der Waals surface area (Å²) in [6.07, 6.45) is 6.18. The molecule has 7 rings (SSSR count). The molecule has 0 bridgehead atoms. The highest BCUT2D eigenvalue weighted by molar-refractivity contribution is 6.01. The fraction of sp³-hybridized carbons (Fsp3) is 0.528. The molecule has 250 valence electrons. The van der Waals surface area contributed by atoms with Crippen LogP contribution in [0.2, 0.25) is 0 Å². The van der Waals surface area contributed by atoms with Crippen molar-refractivity contribution < 1.29 is 28.5 Å². The van der Waals surface area contributed by atoms with Crippen LogP contribution in [0.4, 0.5) is 4.39 Å². The average molecular weight is 646 g/mol. The van der Waals surface area contributed by atoms with Crippen LogP contribution in [-0.4, -0.2) is 79.9 Å². The van der Waals surface area contributed by atoms with Crippen molar-refractivity contribution in [1.82, 2.24) is 24.2 Å². The lowest BCUT2D eigenvalue weighted by Crippen LogP contribution is -2.51. The van der Waals surface area contributed by atoms with E-state index in [0.29, 0.717) is 53.1 Å². The molecule has 47 heavy (non-hydrogen) atoms. The molecular formula is C36H44FN5O5. The Labute approximate surface area is 274 Å². The highest BCUT2D eigenvalue weighted by atomic mass is 19.1. The standard InChI is InChI=1S/C36H44FN5O5/c1-20-25-8-7-13-46-32(25)28(37)14-26(20)31-27-15-29(22-16-38-42(17-22)23-9-11-41(12-10-23)24-18-45-19-24)40(6)34(27)39-21(2)30(31)33(35(43)44)47-36(3,4)5/h14-17,23-24,33H,7-13,18-19H2,1-6H3,(H,43,44)/t33-/m0/s1. The Kier molecular flexibility index (Phi) is 8.13. The number of ether oxygens (including phenoxy) is 3. The number of likely N-dealkylation sites (tertiary alicyclic amines) is 1. The molecule has 0 unspecified atom stereocenters. The second-order valence-corrected chi connectivity index (χ2v) is 14.2. The van der Waals surface area contributed by atoms with Crippen LogP contribution in [0.3, 0.4) is 0 Å². The summed E-state index contributed by atoms with van der Waals surface area (Å²) in [6.45, 7) is 13.4. The van der Waals surface area contributed by atoms with Crippen LogP contribution in [0.1, 0.15) is 74.6 Å². The van der Waals surface area contributed by atoms with Gasteiger partial charge in [0.25, 0.3) is 0 Å². The number of carboxylic acid groups (broad SMARTS) is 1. The molecule has 0 spiro atoms. The molecule has 2 fully saturated rings. The van der Waals surface area contributed by atoms with Gasteiger partial charge in [0.15, 0.2) is 17.7 Å². The Bertz CT molecular complexity index is 1840. The van der Waals surface area contributed by atoms with E-state index in [1.165, 1.54) is 6.07 Å². The zero-order chi connectivity index (χ0) is 33.2. The number of piperidine rings is 1. The van der Waals surface area contributed by atoms with E-state index in [0.717, 1.165) is 73.3 Å². The van der Waals surface area contributed by atoms with Crippen LogP contribution in [0.15, 0.2) is 24.5 Å². The van der Waals surface area contributed by atoms with Crippen LogP contribution >= 0.6 is 0 Å². The van der Waals surface area contributed by atoms with Crippen molar-refractivity contribution in [2.24, 2.45) is 7.05 Å². The first-order valence-electron chi connectivity index (χ1n) is 16.6. The van der Waals surface area contributed by atoms with Gasteiger partial charge in [0.05, 0.1) is 49.4 Å². The molecule has 0 aliphatic carbocycles. The van der Waals surface area contributed by atoms with Crippen molar-refractivity contribution in [3.63, 3.8) is 0 Å². The van der Waals surface area contributed by atoms with Gasteiger partial charge in [0, 0.05) is 59.7 Å². The number of pyridine rings is 1. The number of aliphatic carboxylic acids is 1. The molecule has 1 atom stereocenters. The van der Waals surface area contributed by atoms with Gasteiger partial charge in [-0.2, -0.15) is 5.10 Å². The van der Waals surface area contributed by atoms with Gasteiger partial charge in [-0.05, 0) is 83.6 Å². The number of fused-ring (bicyclic) bond motifs is 2. The van der Waals surface area contributed by atoms with E-state index in [9.17, 15) is 9.90 Å². The average Bonchev–Trinajstić information content (AvgIpc) is 3.61. The maximum Gasteiger partial charge on any atom is 0.337 e. The van der Waals surface area contributed by atoms with Crippen LogP contribution in [-0.2, 0) is 27.7 Å². The summed E-state index contributed by atoms with van der Waals surface area (Å²) < 4.78 is 37.2. The second-order valence-electron chi connectivity index (χ2n) is 14.2. The monoisotopic (exact) mass is 645 g/mol. The molecule has 0 saturated carbocycles. The summed E-state index contributed by atoms with van der Waals surface area (Å²) in [5.41, 5.74) is 5.62. The van der Waals surface area contributed by atoms with Crippen molar-refractivity contribution in [1.29, 1.82) is 0 Å². The Morgan fingerprint density at radius 1 is 1.15 bits per heavy atom. The van der Waals surface area contributed by atoms with E-state index < -0.39 is 23.5 Å². The molecule has 6 heterocycles. The Balaban J connectivity index is 1.37. The number of carbonyl (C=O) groups is 1. The summed E-state index contributed by atoms with van der Waals surface area (Å²) in [4.78, 5) is 20.4. The van der Waals surface area contributed by atoms with Gasteiger partial charge >= 0.3 is 5.97 Å². The lowest BCUT2D eigenvalue weighted by Gasteiger charge is -2.41. The zero-order valence-electron chi connectivity index (χ0n) is 28.1. The molecule has 2 saturated heterocycles. The van der Waals surface area contributed by atoms with E-state index in [4.69, 9.17) is 24.3 Å². The van der Waals surface area contributed by atoms with E-state index in [1.54, 1.807) is 6.92 Å². The minimum absolute atomic E-state index is 0.287. The molecule has 1 aromatic carbocycles. The first-order valence-corrected chi connectivity index (χ1v) is 16.6. The van der Waals surface area contributed by atoms with Gasteiger partial charge in [-0.1, -0.05) is 0 Å². The molecule has 0 radical (unpaired) electrons. The molecule has 0 amide bonds. The predicted octanol–water partition coefficient (Wildman–Crippen LogP) is 6.16. The maximum atomic E-state index is 15.8. The summed E-state index contributed by atoms with van der Waals surface area (Å²) in [7, 11) is 1.96. The van der Waals surface area contributed by atoms with Crippen molar-refractivity contribution in [2.75, 3.05) is 32.9 Å². The quantitative estimate of drug-likeness (QED) is 0.255. The second kappa shape index (κ2) is 12.0. The number of benzene rings is 1. The van der Waals surface area contributed by atoms with Crippen molar-refractivity contribution in [3.8, 4) is 28.1 Å². The van der Waals surface area contributed by atoms with E-state index in [1.807, 2.05) is 51.6 Å². The van der Waals surface area contributed by atoms with E-state index >= 15 is 4.39 Å². The van der Waals surface area contributed by atoms with Crippen molar-refractivity contribution >= 4 is 17.0 Å². The lowest BCUT2D eigenvalue weighted by atomic mass is 9.86. The molecule has 3 aliphatic rings. The number of halogens is 1. The van der Waals surface area contributed by atoms with Gasteiger partial charge in [-0.15, -0.1) is 0 Å². The topological polar surface area (TPSA) is 104 Å². The summed E-state index contributed by atoms with van der Waals surface area (Å²) in [5.74, 6) is -1.29. The van der Waals surface area contributed by atoms with Crippen LogP contribution in [0.5, 0.6) is 5.75 Å². The van der Waals surface area contributed by atoms with Crippen LogP contribution in [0, 0.1) is 19.7 Å². The Hall–Kier alpha value is -3.80. The normalized spacial score (nSPS) is 18.6. The SMILES string of the molecule is Cc1nc2c(cc(-c3cnn(C4CCN(C5COC5)CC4)c3)n2C)c(-c2cc(F)c3c(c2C)CCCO3)c1[C@H](OC(C)(C)C)C(=O)O. The summed E-state index contributed by atoms with van der Waals surface area (Å²) in [6, 6.07) is 4.38. The largest absolute Gasteiger partial charge is 0.490 e. The highest BCUT2D eigenvalue weighted by Gasteiger charge is 2.35. The van der Waals surface area contributed by atoms with Gasteiger partial charge in [-0.3, -0.25) is 9.58 Å². The molecule has 11 heteroatoms. The smallest absolute Gasteiger partial charge is 0.337 e. The number of aromatic nitrogens is 4. The molecule has 4 aromatic rings. The number of carboxylic acids is 1. The molecule has 3 aromatic heterocycles. The summed E-state index contributed by atoms with van der Waals surface area (Å²) in [5, 5.41) is 16.1. The van der Waals surface area contributed by atoms with E-state index in [2.05, 4.69) is 15.8 Å². The molecule has 10 nitrogen and oxygen atoms in total. The van der Waals surface area contributed by atoms with E-state index in [-0.39, 0.29) is 5.75 Å². The Morgan fingerprint density at radius 3 is 2.55 bits per heavy atom. The fourth-order valence-corrected chi connectivity index (χ4v) is 7.47. The van der Waals surface area contributed by atoms with Crippen molar-refractivity contribution in [2.45, 2.75) is 84.1 Å². The number of rotatable bonds is 7. The number of nitrogens with zero attached hydrogens (tertiary/aromatic N) is 5. The lowest BCUT2D eigenvalue weighted by molar-refractivity contribution is -0.160.